The largest absolute Gasteiger partial charge is 0.504 e. The van der Waals surface area contributed by atoms with E-state index in [1.165, 1.54) is 0 Å². The molecular formula is C82H54O52. The number of carboxylic acid groups (broad SMARTS) is 1. The number of carbonyl (C=O) groups excluding carboxylic acids is 10. The van der Waals surface area contributed by atoms with E-state index < -0.39 is 417 Å². The first-order valence-corrected chi connectivity index (χ1v) is 37.0. The van der Waals surface area contributed by atoms with Crippen molar-refractivity contribution in [2.45, 2.75) is 54.7 Å². The van der Waals surface area contributed by atoms with Crippen LogP contribution >= 0.6 is 0 Å². The number of carboxylic acids is 1. The van der Waals surface area contributed by atoms with Crippen molar-refractivity contribution in [2.75, 3.05) is 13.2 Å². The third-order valence-corrected chi connectivity index (χ3v) is 21.7. The van der Waals surface area contributed by atoms with Crippen LogP contribution < -0.4 is 0 Å². The van der Waals surface area contributed by atoms with Gasteiger partial charge >= 0.3 is 65.7 Å². The summed E-state index contributed by atoms with van der Waals surface area (Å²) >= 11 is 0. The second-order valence-electron chi connectivity index (χ2n) is 29.3. The molecule has 2 unspecified atom stereocenters. The Labute approximate surface area is 733 Å². The zero-order valence-corrected chi connectivity index (χ0v) is 65.3. The average Bonchev–Trinajstić information content (AvgIpc) is 0.708. The molecule has 10 aromatic carbocycles. The number of rotatable bonds is 8. The SMILES string of the molecule is O=C(O[C@@H]1COC(=O)c2cc(O)c(O)c(O)c2-c2c(cc(O)c(O)c2O)C(=O)O[C@H]1C1OC(=O)c2cc(O)c(O)c(O)c2-c2c(O)c(O)c(O)c3c2C(=O)O[C@H]1[C@H]3c1c(C(=O)OC2COC(=O)c3cc(O)c(O)c(O)c3-c3c(cc(O)c(O)c3O)C(=O)O[C@H]2[C@@H]2OC(=O)c3cc(O)c(O)c(O)c3-c3c(cc(O)c(O)c3O)C(=O)O[C@H]2C(=O)O)cc(O)c(O)c1O)c1cc(O)c(O)c(O)c1. The van der Waals surface area contributed by atoms with E-state index in [1.54, 1.807) is 0 Å². The van der Waals surface area contributed by atoms with E-state index in [9.17, 15) is 177 Å². The Balaban J connectivity index is 1.02. The summed E-state index contributed by atoms with van der Waals surface area (Å²) < 4.78 is 57.2. The Morgan fingerprint density at radius 2 is 0.500 bits per heavy atom. The Morgan fingerprint density at radius 3 is 0.851 bits per heavy atom. The molecule has 31 N–H and O–H groups in total. The molecule has 10 aromatic rings. The second kappa shape index (κ2) is 31.7. The zero-order valence-electron chi connectivity index (χ0n) is 65.3. The maximum Gasteiger partial charge on any atom is 0.349 e. The highest BCUT2D eigenvalue weighted by molar-refractivity contribution is 6.14. The summed E-state index contributed by atoms with van der Waals surface area (Å²) in [6, 6.07) is 1.23. The van der Waals surface area contributed by atoms with Gasteiger partial charge in [0.2, 0.25) is 57.8 Å². The lowest BCUT2D eigenvalue weighted by atomic mass is 9.73. The highest BCUT2D eigenvalue weighted by Gasteiger charge is 2.59. The van der Waals surface area contributed by atoms with Crippen molar-refractivity contribution < 1.29 is 258 Å². The number of esters is 10. The molecule has 5 aliphatic rings. The predicted molar refractivity (Wildman–Crippen MR) is 414 cm³/mol. The zero-order chi connectivity index (χ0) is 98.0. The summed E-state index contributed by atoms with van der Waals surface area (Å²) in [5.74, 6) is -81.7. The molecule has 0 fully saturated rings. The molecule has 52 heteroatoms. The Hall–Kier alpha value is -19.6. The molecule has 694 valence electrons. The van der Waals surface area contributed by atoms with E-state index in [-0.39, 0.29) is 48.5 Å². The van der Waals surface area contributed by atoms with Crippen LogP contribution in [0.2, 0.25) is 0 Å². The number of ether oxygens (including phenoxy) is 10. The van der Waals surface area contributed by atoms with Crippen molar-refractivity contribution in [3.05, 3.63) is 127 Å². The van der Waals surface area contributed by atoms with Crippen LogP contribution in [0.25, 0.3) is 44.5 Å². The lowest BCUT2D eigenvalue weighted by molar-refractivity contribution is -0.167. The highest BCUT2D eigenvalue weighted by Crippen LogP contribution is 2.64. The van der Waals surface area contributed by atoms with Crippen LogP contribution in [0.1, 0.15) is 121 Å². The summed E-state index contributed by atoms with van der Waals surface area (Å²) in [5.41, 5.74) is -31.4. The molecule has 5 aliphatic heterocycles. The number of fused-ring (bicyclic) bond motifs is 13. The van der Waals surface area contributed by atoms with Gasteiger partial charge in [-0.05, 0) is 60.7 Å². The number of hydrogen-bond acceptors (Lipinski definition) is 51. The number of phenols is 30. The Kier molecular flexibility index (Phi) is 21.1. The van der Waals surface area contributed by atoms with Crippen LogP contribution in [0.3, 0.4) is 0 Å². The van der Waals surface area contributed by atoms with E-state index in [0.29, 0.717) is 12.1 Å². The van der Waals surface area contributed by atoms with E-state index in [4.69, 9.17) is 47.4 Å². The number of carbonyl (C=O) groups is 11. The van der Waals surface area contributed by atoms with Crippen LogP contribution in [-0.4, -0.2) is 286 Å². The Bertz CT molecular complexity index is 7020. The fourth-order valence-corrected chi connectivity index (χ4v) is 15.5. The molecule has 0 spiro atoms. The topological polar surface area (TPSA) is 907 Å². The Morgan fingerprint density at radius 1 is 0.239 bits per heavy atom. The van der Waals surface area contributed by atoms with Crippen LogP contribution in [0.4, 0.5) is 0 Å². The first-order valence-electron chi connectivity index (χ1n) is 37.0. The van der Waals surface area contributed by atoms with Gasteiger partial charge in [-0.15, -0.1) is 0 Å². The fraction of sp³-hybridized carbons (Fsp3) is 0.134. The van der Waals surface area contributed by atoms with Gasteiger partial charge in [0.1, 0.15) is 13.2 Å². The van der Waals surface area contributed by atoms with E-state index >= 15 is 33.6 Å². The monoisotopic (exact) mass is 1870 g/mol. The summed E-state index contributed by atoms with van der Waals surface area (Å²) in [6.45, 7) is -4.18. The van der Waals surface area contributed by atoms with Gasteiger partial charge in [-0.25, -0.2) is 52.7 Å². The molecule has 0 radical (unpaired) electrons. The van der Waals surface area contributed by atoms with Crippen LogP contribution in [0, 0.1) is 0 Å². The molecule has 15 rings (SSSR count). The maximum atomic E-state index is 16.6. The van der Waals surface area contributed by atoms with Crippen molar-refractivity contribution in [2.24, 2.45) is 0 Å². The van der Waals surface area contributed by atoms with E-state index in [0.717, 1.165) is 0 Å². The normalized spacial score (nSPS) is 19.2. The van der Waals surface area contributed by atoms with Gasteiger partial charge in [0.25, 0.3) is 0 Å². The molecule has 134 heavy (non-hydrogen) atoms. The van der Waals surface area contributed by atoms with Crippen LogP contribution in [-0.2, 0) is 52.2 Å². The molecule has 0 aromatic heterocycles. The fourth-order valence-electron chi connectivity index (χ4n) is 15.5. The molecule has 52 nitrogen and oxygen atoms in total. The minimum Gasteiger partial charge on any atom is -0.504 e. The molecule has 0 amide bonds. The van der Waals surface area contributed by atoms with Crippen molar-refractivity contribution in [3.8, 4) is 217 Å². The molecule has 0 saturated heterocycles. The van der Waals surface area contributed by atoms with Gasteiger partial charge in [-0.3, -0.25) is 0 Å². The molecular weight excluding hydrogens is 1820 g/mol. The maximum absolute atomic E-state index is 16.6. The number of benzene rings is 10. The standard InChI is InChI=1S/C82H54O52/c83-22-1-13(2-23(84)46(22)93)73(115)127-32-11-125-74(116)14-3-24(85)47(94)55(102)34(14)36-16(5-26(87)49(96)57(36)104)77(119)129-66(32)69-68-44(43-45(82(124)131-68)42(63(110)65(112)64(43)111)40-20(80(122)132-69)9-30(91)53(100)61(40)108)41-21(10-31(92)54(101)62(41)109)76(118)128-33-12-126-75(117)15-4-25(86)48(95)56(103)35(15)37-17(6-27(88)50(97)58(37)105)78(120)130-67(33)70-71(72(113)114)134-81(123)19-8-29(90)52(99)60(107)39(19)38-18(79(121)133-70)7-28(89)51(98)59(38)106/h1-10,32-33,44,66-71,83-112H,11-12H2,(H,113,114)/t32-,33?,44+,66-,67-,68+,69?,70+,71-/m1/s1. The van der Waals surface area contributed by atoms with Gasteiger partial charge in [-0.1, -0.05) is 0 Å². The second-order valence-corrected chi connectivity index (χ2v) is 29.3. The number of cyclic esters (lactones) is 7. The van der Waals surface area contributed by atoms with Crippen LogP contribution in [0.5, 0.6) is 172 Å². The van der Waals surface area contributed by atoms with Crippen molar-refractivity contribution in [1.29, 1.82) is 0 Å². The summed E-state index contributed by atoms with van der Waals surface area (Å²) in [4.78, 5) is 169. The average molecular weight is 1870 g/mol. The minimum atomic E-state index is -3.65. The van der Waals surface area contributed by atoms with E-state index in [1.807, 2.05) is 0 Å². The summed E-state index contributed by atoms with van der Waals surface area (Å²) in [7, 11) is 0. The first kappa shape index (κ1) is 89.2. The predicted octanol–water partition coefficient (Wildman–Crippen LogP) is 3.12. The third kappa shape index (κ3) is 13.8. The minimum absolute atomic E-state index is 0.0422. The lowest BCUT2D eigenvalue weighted by Crippen LogP contribution is -2.56. The van der Waals surface area contributed by atoms with Crippen molar-refractivity contribution in [1.82, 2.24) is 0 Å². The quantitative estimate of drug-likeness (QED) is 0.0590. The molecule has 0 aliphatic carbocycles. The summed E-state index contributed by atoms with van der Waals surface area (Å²) in [6.07, 6.45) is -28.2. The van der Waals surface area contributed by atoms with E-state index in [2.05, 4.69) is 0 Å². The lowest BCUT2D eigenvalue weighted by Gasteiger charge is -2.43. The molecule has 2 bridgehead atoms. The first-order chi connectivity index (χ1) is 62.9. The number of aliphatic carboxylic acids is 1. The van der Waals surface area contributed by atoms with Gasteiger partial charge < -0.3 is 206 Å². The number of hydrogen-bond donors (Lipinski definition) is 31. The van der Waals surface area contributed by atoms with Crippen molar-refractivity contribution in [3.63, 3.8) is 0 Å². The van der Waals surface area contributed by atoms with Gasteiger partial charge in [-0.2, -0.15) is 0 Å². The molecule has 0 saturated carbocycles. The number of phenolic OH excluding ortho intramolecular Hbond substituents is 30. The smallest absolute Gasteiger partial charge is 0.349 e. The van der Waals surface area contributed by atoms with Crippen molar-refractivity contribution >= 4 is 65.7 Å². The highest BCUT2D eigenvalue weighted by atomic mass is 16.7. The van der Waals surface area contributed by atoms with Gasteiger partial charge in [0, 0.05) is 55.6 Å². The van der Waals surface area contributed by atoms with Crippen LogP contribution in [0.15, 0.2) is 60.7 Å². The number of aromatic hydroxyl groups is 30. The molecule has 5 heterocycles. The third-order valence-electron chi connectivity index (χ3n) is 21.7. The summed E-state index contributed by atoms with van der Waals surface area (Å²) in [5, 5.41) is 353. The van der Waals surface area contributed by atoms with Gasteiger partial charge in [0.15, 0.2) is 163 Å². The molecule has 9 atom stereocenters. The van der Waals surface area contributed by atoms with Gasteiger partial charge in [0.05, 0.1) is 61.6 Å².